The Hall–Kier alpha value is -5.37. The van der Waals surface area contributed by atoms with Crippen LogP contribution in [0.15, 0.2) is 131 Å². The van der Waals surface area contributed by atoms with Crippen LogP contribution in [0.2, 0.25) is 0 Å². The van der Waals surface area contributed by atoms with Gasteiger partial charge in [0.1, 0.15) is 55.0 Å². The molecule has 4 atom stereocenters. The Labute approximate surface area is 307 Å². The Morgan fingerprint density at radius 3 is 1.89 bits per heavy atom. The standard InChI is InChI=1S/C41H42N2O10/c1-47-33-18-14-31(15-19-33)41(30-12-8-5-9-13-30,32-16-20-34(48-2)21-17-32)52-27-35-37(51-25-24-44)38(49-3)39(53-35)42-23-22-36(45)43(40(42)46)28-50-26-29-10-6-4-7-11-29/h4-24,35,37-39H,25-28H2,1-3H3/t35-,37-,38-,39-/m1/s1. The quantitative estimate of drug-likeness (QED) is 0.0985. The first-order chi connectivity index (χ1) is 25.9. The lowest BCUT2D eigenvalue weighted by atomic mass is 9.80. The van der Waals surface area contributed by atoms with Crippen molar-refractivity contribution in [2.45, 2.75) is 43.5 Å². The summed E-state index contributed by atoms with van der Waals surface area (Å²) < 4.78 is 44.5. The fraction of sp³-hybridized carbons (Fsp3) is 0.293. The van der Waals surface area contributed by atoms with Gasteiger partial charge in [0.15, 0.2) is 6.23 Å². The maximum atomic E-state index is 13.8. The van der Waals surface area contributed by atoms with E-state index >= 15 is 0 Å². The van der Waals surface area contributed by atoms with Crippen LogP contribution in [0.5, 0.6) is 11.5 Å². The Morgan fingerprint density at radius 1 is 0.736 bits per heavy atom. The number of benzene rings is 4. The molecular formula is C41H42N2O10. The van der Waals surface area contributed by atoms with Gasteiger partial charge in [-0.15, -0.1) is 0 Å². The van der Waals surface area contributed by atoms with Gasteiger partial charge in [0.25, 0.3) is 5.56 Å². The molecule has 6 rings (SSSR count). The zero-order valence-electron chi connectivity index (χ0n) is 29.7. The predicted molar refractivity (Wildman–Crippen MR) is 195 cm³/mol. The van der Waals surface area contributed by atoms with Gasteiger partial charge in [-0.1, -0.05) is 84.9 Å². The predicted octanol–water partition coefficient (Wildman–Crippen LogP) is 4.71. The average Bonchev–Trinajstić information content (AvgIpc) is 3.56. The second kappa shape index (κ2) is 17.4. The fourth-order valence-electron chi connectivity index (χ4n) is 6.62. The lowest BCUT2D eigenvalue weighted by Crippen LogP contribution is -2.44. The van der Waals surface area contributed by atoms with Crippen molar-refractivity contribution in [2.75, 3.05) is 34.5 Å². The molecule has 1 aliphatic heterocycles. The molecule has 0 radical (unpaired) electrons. The molecular weight excluding hydrogens is 680 g/mol. The summed E-state index contributed by atoms with van der Waals surface area (Å²) >= 11 is 0. The van der Waals surface area contributed by atoms with E-state index in [2.05, 4.69) is 0 Å². The minimum absolute atomic E-state index is 0.0680. The third-order valence-electron chi connectivity index (χ3n) is 9.25. The van der Waals surface area contributed by atoms with Crippen molar-refractivity contribution in [2.24, 2.45) is 0 Å². The highest BCUT2D eigenvalue weighted by Gasteiger charge is 2.49. The number of carbonyl (C=O) groups excluding carboxylic acids is 1. The number of hydrogen-bond acceptors (Lipinski definition) is 10. The Balaban J connectivity index is 1.36. The number of hydrogen-bond donors (Lipinski definition) is 0. The van der Waals surface area contributed by atoms with E-state index in [0.717, 1.165) is 26.8 Å². The van der Waals surface area contributed by atoms with Crippen LogP contribution in [-0.4, -0.2) is 68.3 Å². The van der Waals surface area contributed by atoms with E-state index in [1.54, 1.807) is 14.2 Å². The number of aromatic nitrogens is 2. The highest BCUT2D eigenvalue weighted by Crippen LogP contribution is 2.43. The van der Waals surface area contributed by atoms with Crippen LogP contribution in [0.3, 0.4) is 0 Å². The minimum atomic E-state index is -1.18. The molecule has 5 aromatic rings. The summed E-state index contributed by atoms with van der Waals surface area (Å²) in [5.74, 6) is 1.35. The number of carbonyl (C=O) groups is 1. The molecule has 12 heteroatoms. The number of nitrogens with zero attached hydrogens (tertiary/aromatic N) is 2. The van der Waals surface area contributed by atoms with Gasteiger partial charge in [0, 0.05) is 19.4 Å². The molecule has 1 aliphatic rings. The maximum absolute atomic E-state index is 13.8. The van der Waals surface area contributed by atoms with Crippen LogP contribution in [-0.2, 0) is 47.4 Å². The average molecular weight is 723 g/mol. The van der Waals surface area contributed by atoms with Crippen molar-refractivity contribution in [1.29, 1.82) is 0 Å². The minimum Gasteiger partial charge on any atom is -0.497 e. The number of methoxy groups -OCH3 is 3. The van der Waals surface area contributed by atoms with Crippen molar-refractivity contribution >= 4 is 6.29 Å². The smallest absolute Gasteiger partial charge is 0.335 e. The summed E-state index contributed by atoms with van der Waals surface area (Å²) in [5, 5.41) is 0. The fourth-order valence-corrected chi connectivity index (χ4v) is 6.62. The van der Waals surface area contributed by atoms with Crippen LogP contribution < -0.4 is 20.7 Å². The monoisotopic (exact) mass is 722 g/mol. The molecule has 1 fully saturated rings. The van der Waals surface area contributed by atoms with Crippen molar-refractivity contribution in [1.82, 2.24) is 9.13 Å². The molecule has 0 aliphatic carbocycles. The molecule has 1 saturated heterocycles. The van der Waals surface area contributed by atoms with Crippen LogP contribution in [0, 0.1) is 0 Å². The molecule has 0 bridgehead atoms. The molecule has 53 heavy (non-hydrogen) atoms. The van der Waals surface area contributed by atoms with E-state index in [1.807, 2.05) is 109 Å². The van der Waals surface area contributed by atoms with E-state index in [-0.39, 0.29) is 26.6 Å². The largest absolute Gasteiger partial charge is 0.497 e. The third-order valence-corrected chi connectivity index (χ3v) is 9.25. The Morgan fingerprint density at radius 2 is 1.32 bits per heavy atom. The van der Waals surface area contributed by atoms with E-state index in [1.165, 1.54) is 23.9 Å². The van der Waals surface area contributed by atoms with Gasteiger partial charge in [-0.05, 0) is 46.5 Å². The lowest BCUT2D eigenvalue weighted by Gasteiger charge is -2.37. The summed E-state index contributed by atoms with van der Waals surface area (Å²) in [6.45, 7) is -0.394. The first-order valence-electron chi connectivity index (χ1n) is 17.1. The van der Waals surface area contributed by atoms with Gasteiger partial charge >= 0.3 is 5.69 Å². The number of ether oxygens (including phenoxy) is 7. The molecule has 0 N–H and O–H groups in total. The summed E-state index contributed by atoms with van der Waals surface area (Å²) in [4.78, 5) is 38.3. The van der Waals surface area contributed by atoms with E-state index in [0.29, 0.717) is 17.8 Å². The zero-order valence-corrected chi connectivity index (χ0v) is 29.7. The molecule has 276 valence electrons. The van der Waals surface area contributed by atoms with Crippen molar-refractivity contribution in [3.63, 3.8) is 0 Å². The first-order valence-corrected chi connectivity index (χ1v) is 17.1. The Bertz CT molecular complexity index is 1990. The van der Waals surface area contributed by atoms with Crippen LogP contribution >= 0.6 is 0 Å². The maximum Gasteiger partial charge on any atom is 0.335 e. The number of aldehydes is 1. The van der Waals surface area contributed by atoms with Crippen LogP contribution in [0.1, 0.15) is 28.5 Å². The molecule has 0 spiro atoms. The van der Waals surface area contributed by atoms with Gasteiger partial charge in [0.2, 0.25) is 0 Å². The third kappa shape index (κ3) is 8.02. The van der Waals surface area contributed by atoms with Crippen molar-refractivity contribution in [3.05, 3.63) is 165 Å². The van der Waals surface area contributed by atoms with Crippen molar-refractivity contribution in [3.8, 4) is 11.5 Å². The molecule has 2 heterocycles. The van der Waals surface area contributed by atoms with Crippen LogP contribution in [0.25, 0.3) is 0 Å². The molecule has 1 aromatic heterocycles. The SMILES string of the molecule is COc1ccc(C(OC[C@H]2O[C@@H](n3ccc(=O)n(COCc4ccccc4)c3=O)[C@H](OC)[C@@H]2OCC=O)(c2ccccc2)c2ccc(OC)cc2)cc1. The van der Waals surface area contributed by atoms with Gasteiger partial charge < -0.3 is 38.0 Å². The molecule has 12 nitrogen and oxygen atoms in total. The zero-order chi connectivity index (χ0) is 37.2. The summed E-state index contributed by atoms with van der Waals surface area (Å²) in [6.07, 6.45) is -1.62. The second-order valence-electron chi connectivity index (χ2n) is 12.3. The first kappa shape index (κ1) is 37.4. The van der Waals surface area contributed by atoms with Gasteiger partial charge in [-0.2, -0.15) is 0 Å². The van der Waals surface area contributed by atoms with E-state index in [9.17, 15) is 14.4 Å². The van der Waals surface area contributed by atoms with E-state index < -0.39 is 41.4 Å². The van der Waals surface area contributed by atoms with Gasteiger partial charge in [0.05, 0.1) is 27.4 Å². The summed E-state index contributed by atoms with van der Waals surface area (Å²) in [6, 6.07) is 35.7. The van der Waals surface area contributed by atoms with E-state index in [4.69, 9.17) is 33.2 Å². The number of rotatable bonds is 17. The second-order valence-corrected chi connectivity index (χ2v) is 12.3. The molecule has 4 aromatic carbocycles. The highest BCUT2D eigenvalue weighted by molar-refractivity contribution is 5.51. The Kier molecular flexibility index (Phi) is 12.3. The summed E-state index contributed by atoms with van der Waals surface area (Å²) in [5.41, 5.74) is 0.948. The molecule has 0 saturated carbocycles. The topological polar surface area (TPSA) is 126 Å². The molecule has 0 unspecified atom stereocenters. The molecule has 0 amide bonds. The highest BCUT2D eigenvalue weighted by atomic mass is 16.6. The van der Waals surface area contributed by atoms with Gasteiger partial charge in [-0.3, -0.25) is 9.36 Å². The summed E-state index contributed by atoms with van der Waals surface area (Å²) in [7, 11) is 4.68. The van der Waals surface area contributed by atoms with Gasteiger partial charge in [-0.25, -0.2) is 9.36 Å². The van der Waals surface area contributed by atoms with Crippen molar-refractivity contribution < 1.29 is 38.0 Å². The van der Waals surface area contributed by atoms with Crippen LogP contribution in [0.4, 0.5) is 0 Å². The normalized spacial score (nSPS) is 18.5. The lowest BCUT2D eigenvalue weighted by molar-refractivity contribution is -0.122.